The molecule has 2 aromatic rings. The number of ether oxygens (including phenoxy) is 5. The van der Waals surface area contributed by atoms with Crippen molar-refractivity contribution in [2.75, 3.05) is 47.1 Å². The number of ketones is 1. The normalized spacial score (nSPS) is 35.5. The number of carbonyl (C=O) groups is 3. The second-order valence-electron chi connectivity index (χ2n) is 18.6. The van der Waals surface area contributed by atoms with Crippen molar-refractivity contribution in [3.05, 3.63) is 43.1 Å². The summed E-state index contributed by atoms with van der Waals surface area (Å²) in [7, 11) is 7.43. The van der Waals surface area contributed by atoms with Gasteiger partial charge in [0, 0.05) is 56.0 Å². The fourth-order valence-corrected chi connectivity index (χ4v) is 10.1. The quantitative estimate of drug-likeness (QED) is 0.0883. The number of esters is 1. The van der Waals surface area contributed by atoms with Crippen LogP contribution in [0.4, 0.5) is 10.5 Å². The predicted molar refractivity (Wildman–Crippen MR) is 236 cm³/mol. The van der Waals surface area contributed by atoms with Crippen molar-refractivity contribution in [2.24, 2.45) is 17.8 Å². The molecule has 3 fully saturated rings. The maximum Gasteiger partial charge on any atom is 0.410 e. The van der Waals surface area contributed by atoms with E-state index in [0.29, 0.717) is 63.8 Å². The Morgan fingerprint density at radius 3 is 2.47 bits per heavy atom. The SMILES string of the molecule is C=CC[C@@H]1[C@H]2N(CCCCn3cc(-c4cccc(N)c4)nn3)C(=O)O[C@]2(C)[C@@H](CC)OC(=O)[C@H](C)C(=O)[C@H](C)[C@@H](O[C@@H]2O[C@H](C)CC(N(C)C)[C@H]2O)[C@](C)(OC)C[C@@H](C)CN1C. The molecule has 16 nitrogen and oxygen atoms in total. The van der Waals surface area contributed by atoms with Gasteiger partial charge >= 0.3 is 12.1 Å². The van der Waals surface area contributed by atoms with Gasteiger partial charge in [-0.05, 0) is 105 Å². The van der Waals surface area contributed by atoms with Gasteiger partial charge in [0.05, 0.1) is 30.0 Å². The van der Waals surface area contributed by atoms with Gasteiger partial charge < -0.3 is 44.3 Å². The Kier molecular flexibility index (Phi) is 16.4. The number of fused-ring (bicyclic) bond motifs is 1. The van der Waals surface area contributed by atoms with Gasteiger partial charge in [-0.1, -0.05) is 44.2 Å². The third-order valence-electron chi connectivity index (χ3n) is 13.5. The van der Waals surface area contributed by atoms with Crippen LogP contribution in [0.2, 0.25) is 0 Å². The minimum atomic E-state index is -1.28. The standard InChI is InChI=1S/C46H73N7O9/c1-13-18-35-40-46(8,62-44(57)53(40)22-16-15-21-52-27-34(48-49-52)32-19-17-20-33(47)24-32)37(14-2)60-42(56)31(6)38(54)30(5)41(45(7,58-12)25-28(3)26-51(35)11)61-43-39(55)36(50(9)10)23-29(4)59-43/h13,17,19-20,24,27-31,35-37,39-41,43,55H,1,14-16,18,21-23,25-26,47H2,2-12H3/t28-,29-,30+,31-,35-,36?,37-,39-,40-,41-,43+,45-,46-/m1/s1. The fourth-order valence-electron chi connectivity index (χ4n) is 10.1. The second kappa shape index (κ2) is 20.7. The Morgan fingerprint density at radius 1 is 1.11 bits per heavy atom. The molecule has 3 aliphatic heterocycles. The zero-order valence-electron chi connectivity index (χ0n) is 38.9. The summed E-state index contributed by atoms with van der Waals surface area (Å²) in [5.41, 5.74) is 5.89. The Labute approximate surface area is 368 Å². The summed E-state index contributed by atoms with van der Waals surface area (Å²) in [6.45, 7) is 18.6. The third kappa shape index (κ3) is 10.7. The Hall–Kier alpha value is -3.93. The van der Waals surface area contributed by atoms with Crippen molar-refractivity contribution in [1.82, 2.24) is 29.7 Å². The number of aromatic nitrogens is 3. The van der Waals surface area contributed by atoms with Crippen LogP contribution in [0.25, 0.3) is 11.3 Å². The molecule has 0 saturated carbocycles. The van der Waals surface area contributed by atoms with E-state index in [1.54, 1.807) is 30.5 Å². The van der Waals surface area contributed by atoms with Crippen molar-refractivity contribution >= 4 is 23.5 Å². The van der Waals surface area contributed by atoms with Crippen LogP contribution in [0.5, 0.6) is 0 Å². The summed E-state index contributed by atoms with van der Waals surface area (Å²) in [5.74, 6) is -3.22. The third-order valence-corrected chi connectivity index (χ3v) is 13.5. The lowest BCUT2D eigenvalue weighted by molar-refractivity contribution is -0.295. The average Bonchev–Trinajstić information content (AvgIpc) is 3.80. The topological polar surface area (TPSA) is 184 Å². The van der Waals surface area contributed by atoms with Crippen molar-refractivity contribution in [2.45, 2.75) is 154 Å². The Bertz CT molecular complexity index is 1840. The molecule has 346 valence electrons. The number of nitrogens with zero attached hydrogens (tertiary/aromatic N) is 6. The number of unbranched alkanes of at least 4 members (excludes halogenated alkanes) is 1. The van der Waals surface area contributed by atoms with E-state index in [9.17, 15) is 19.5 Å². The molecule has 5 rings (SSSR count). The number of methoxy groups -OCH3 is 1. The van der Waals surface area contributed by atoms with E-state index in [0.717, 1.165) is 11.3 Å². The number of aryl methyl sites for hydroxylation is 1. The summed E-state index contributed by atoms with van der Waals surface area (Å²) in [6.07, 6.45) is 2.41. The first-order valence-electron chi connectivity index (χ1n) is 22.3. The number of cyclic esters (lactones) is 1. The van der Waals surface area contributed by atoms with Crippen molar-refractivity contribution in [1.29, 1.82) is 0 Å². The molecule has 1 unspecified atom stereocenters. The summed E-state index contributed by atoms with van der Waals surface area (Å²) in [4.78, 5) is 48.8. The number of rotatable bonds is 13. The van der Waals surface area contributed by atoms with Gasteiger partial charge in [0.25, 0.3) is 0 Å². The first kappa shape index (κ1) is 49.1. The smallest absolute Gasteiger partial charge is 0.410 e. The number of carbonyl (C=O) groups excluding carboxylic acids is 3. The zero-order chi connectivity index (χ0) is 45.7. The summed E-state index contributed by atoms with van der Waals surface area (Å²) in [6, 6.07) is 6.41. The lowest BCUT2D eigenvalue weighted by atomic mass is 9.78. The lowest BCUT2D eigenvalue weighted by Gasteiger charge is -2.47. The number of aliphatic hydroxyl groups excluding tert-OH is 1. The van der Waals surface area contributed by atoms with E-state index < -0.39 is 71.5 Å². The van der Waals surface area contributed by atoms with E-state index >= 15 is 0 Å². The van der Waals surface area contributed by atoms with Gasteiger partial charge in [0.15, 0.2) is 17.7 Å². The molecular formula is C46H73N7O9. The molecule has 4 heterocycles. The van der Waals surface area contributed by atoms with Crippen LogP contribution in [0, 0.1) is 17.8 Å². The predicted octanol–water partition coefficient (Wildman–Crippen LogP) is 5.18. The molecule has 0 aliphatic carbocycles. The van der Waals surface area contributed by atoms with E-state index in [1.807, 2.05) is 90.3 Å². The summed E-state index contributed by atoms with van der Waals surface area (Å²) < 4.78 is 33.7. The van der Waals surface area contributed by atoms with E-state index in [2.05, 4.69) is 28.7 Å². The average molecular weight is 868 g/mol. The van der Waals surface area contributed by atoms with Crippen LogP contribution in [0.15, 0.2) is 43.1 Å². The Balaban J connectivity index is 1.45. The van der Waals surface area contributed by atoms with Crippen LogP contribution in [-0.2, 0) is 39.8 Å². The van der Waals surface area contributed by atoms with Gasteiger partial charge in [0.2, 0.25) is 0 Å². The summed E-state index contributed by atoms with van der Waals surface area (Å²) >= 11 is 0. The van der Waals surface area contributed by atoms with Crippen molar-refractivity contribution in [3.8, 4) is 11.3 Å². The number of aliphatic hydroxyl groups is 1. The minimum absolute atomic E-state index is 0.0312. The molecule has 3 N–H and O–H groups in total. The van der Waals surface area contributed by atoms with Gasteiger partial charge in [0.1, 0.15) is 23.8 Å². The van der Waals surface area contributed by atoms with Crippen molar-refractivity contribution in [3.63, 3.8) is 0 Å². The molecule has 3 aliphatic rings. The molecule has 62 heavy (non-hydrogen) atoms. The van der Waals surface area contributed by atoms with Gasteiger partial charge in [-0.2, -0.15) is 0 Å². The van der Waals surface area contributed by atoms with Crippen molar-refractivity contribution < 1.29 is 43.2 Å². The van der Waals surface area contributed by atoms with Gasteiger partial charge in [-0.25, -0.2) is 4.79 Å². The number of likely N-dealkylation sites (N-methyl/N-ethyl adjacent to an activating group) is 2. The first-order chi connectivity index (χ1) is 29.3. The highest BCUT2D eigenvalue weighted by Gasteiger charge is 2.60. The molecule has 0 bridgehead atoms. The van der Waals surface area contributed by atoms with Crippen LogP contribution in [0.1, 0.15) is 87.0 Å². The molecule has 0 radical (unpaired) electrons. The monoisotopic (exact) mass is 868 g/mol. The number of hydrogen-bond acceptors (Lipinski definition) is 14. The molecule has 1 aromatic carbocycles. The molecule has 1 amide bonds. The van der Waals surface area contributed by atoms with Crippen LogP contribution in [-0.4, -0.2) is 154 Å². The second-order valence-corrected chi connectivity index (χ2v) is 18.6. The molecular weight excluding hydrogens is 795 g/mol. The maximum atomic E-state index is 14.5. The number of hydrogen-bond donors (Lipinski definition) is 2. The molecule has 13 atom stereocenters. The molecule has 1 aromatic heterocycles. The number of nitrogens with two attached hydrogens (primary N) is 1. The maximum absolute atomic E-state index is 14.5. The Morgan fingerprint density at radius 2 is 1.82 bits per heavy atom. The van der Waals surface area contributed by atoms with E-state index in [1.165, 1.54) is 0 Å². The van der Waals surface area contributed by atoms with E-state index in [4.69, 9.17) is 29.4 Å². The highest BCUT2D eigenvalue weighted by Crippen LogP contribution is 2.42. The first-order valence-corrected chi connectivity index (χ1v) is 22.3. The summed E-state index contributed by atoms with van der Waals surface area (Å²) in [5, 5.41) is 20.2. The minimum Gasteiger partial charge on any atom is -0.458 e. The highest BCUT2D eigenvalue weighted by molar-refractivity contribution is 6.00. The molecule has 3 saturated heterocycles. The van der Waals surface area contributed by atoms with Crippen LogP contribution in [0.3, 0.4) is 0 Å². The molecule has 0 spiro atoms. The highest BCUT2D eigenvalue weighted by atomic mass is 16.7. The number of benzene rings is 1. The molecule has 16 heteroatoms. The number of amides is 1. The number of nitrogen functional groups attached to an aromatic ring is 1. The number of anilines is 1. The van der Waals surface area contributed by atoms with Gasteiger partial charge in [-0.3, -0.25) is 19.2 Å². The largest absolute Gasteiger partial charge is 0.458 e. The van der Waals surface area contributed by atoms with E-state index in [-0.39, 0.29) is 24.1 Å². The fraction of sp³-hybridized carbons (Fsp3) is 0.717. The lowest BCUT2D eigenvalue weighted by Crippen LogP contribution is -2.61. The van der Waals surface area contributed by atoms with Gasteiger partial charge in [-0.15, -0.1) is 11.7 Å². The van der Waals surface area contributed by atoms with Crippen LogP contribution >= 0.6 is 0 Å². The van der Waals surface area contributed by atoms with Crippen LogP contribution < -0.4 is 5.73 Å². The number of Topliss-reactive ketones (excluding diaryl/α,β-unsaturated/α-hetero) is 1. The zero-order valence-corrected chi connectivity index (χ0v) is 38.9.